The molecule has 10 heavy (non-hydrogen) atoms. The van der Waals surface area contributed by atoms with E-state index >= 15 is 0 Å². The number of rotatable bonds is 1. The molecule has 0 bridgehead atoms. The van der Waals surface area contributed by atoms with Gasteiger partial charge in [0.1, 0.15) is 0 Å². The molecule has 4 nitrogen and oxygen atoms in total. The van der Waals surface area contributed by atoms with E-state index in [4.69, 9.17) is 0 Å². The molecule has 0 saturated heterocycles. The van der Waals surface area contributed by atoms with Gasteiger partial charge in [-0.2, -0.15) is 0 Å². The summed E-state index contributed by atoms with van der Waals surface area (Å²) in [6, 6.07) is 0. The summed E-state index contributed by atoms with van der Waals surface area (Å²) in [7, 11) is 0. The molecule has 1 fully saturated rings. The summed E-state index contributed by atoms with van der Waals surface area (Å²) < 4.78 is 4.35. The lowest BCUT2D eigenvalue weighted by molar-refractivity contribution is 0.381. The fourth-order valence-electron chi connectivity index (χ4n) is 1.10. The number of nitrogens with zero attached hydrogens (tertiary/aromatic N) is 1. The van der Waals surface area contributed by atoms with Crippen molar-refractivity contribution in [2.24, 2.45) is 5.92 Å². The fourth-order valence-corrected chi connectivity index (χ4v) is 1.10. The number of hydrogen-bond acceptors (Lipinski definition) is 3. The molecule has 1 heterocycles. The van der Waals surface area contributed by atoms with Gasteiger partial charge in [0.2, 0.25) is 0 Å². The van der Waals surface area contributed by atoms with Crippen LogP contribution in [0.1, 0.15) is 25.1 Å². The van der Waals surface area contributed by atoms with E-state index in [1.807, 2.05) is 0 Å². The lowest BCUT2D eigenvalue weighted by atomic mass is 10.3. The Kier molecular flexibility index (Phi) is 0.977. The average Bonchev–Trinajstić information content (AvgIpc) is 2.42. The van der Waals surface area contributed by atoms with Crippen LogP contribution in [0.3, 0.4) is 0 Å². The summed E-state index contributed by atoms with van der Waals surface area (Å²) in [5.41, 5.74) is 0. The molecule has 1 aromatic rings. The third-order valence-electron chi connectivity index (χ3n) is 1.92. The van der Waals surface area contributed by atoms with Gasteiger partial charge in [0.05, 0.1) is 0 Å². The lowest BCUT2D eigenvalue weighted by Crippen LogP contribution is -1.96. The number of nitrogens with one attached hydrogen (secondary N) is 1. The van der Waals surface area contributed by atoms with Crippen LogP contribution in [0.4, 0.5) is 0 Å². The molecule has 0 spiro atoms. The van der Waals surface area contributed by atoms with Crippen molar-refractivity contribution in [2.45, 2.75) is 19.3 Å². The van der Waals surface area contributed by atoms with Gasteiger partial charge in [0, 0.05) is 5.92 Å². The van der Waals surface area contributed by atoms with Crippen LogP contribution in [-0.2, 0) is 0 Å². The highest BCUT2D eigenvalue weighted by Gasteiger charge is 2.37. The molecule has 54 valence electrons. The smallest absolute Gasteiger partial charge is 0.296 e. The monoisotopic (exact) mass is 140 g/mol. The predicted octanol–water partition coefficient (Wildman–Crippen LogP) is 0.486. The topological polar surface area (TPSA) is 58.9 Å². The van der Waals surface area contributed by atoms with Crippen LogP contribution >= 0.6 is 0 Å². The van der Waals surface area contributed by atoms with Crippen LogP contribution in [0.2, 0.25) is 0 Å². The maximum absolute atomic E-state index is 10.4. The minimum absolute atomic E-state index is 0.437. The van der Waals surface area contributed by atoms with E-state index in [9.17, 15) is 4.79 Å². The molecule has 1 N–H and O–H groups in total. The highest BCUT2D eigenvalue weighted by Crippen LogP contribution is 2.44. The highest BCUT2D eigenvalue weighted by molar-refractivity contribution is 5.05. The first kappa shape index (κ1) is 5.70. The summed E-state index contributed by atoms with van der Waals surface area (Å²) in [6.45, 7) is 2.12. The number of hydrogen-bond donors (Lipinski definition) is 1. The lowest BCUT2D eigenvalue weighted by Gasteiger charge is -1.82. The molecule has 0 radical (unpaired) electrons. The molecular weight excluding hydrogens is 132 g/mol. The molecule has 0 unspecified atom stereocenters. The Labute approximate surface area is 57.2 Å². The standard InChI is InChI=1S/C6H8N2O2/c1-3-2-4(3)5-7-6(9)10-8-5/h3-4H,2H2,1H3,(H,7,8,9)/t3-,4+/m1/s1. The van der Waals surface area contributed by atoms with Gasteiger partial charge in [-0.1, -0.05) is 12.1 Å². The number of aromatic nitrogens is 2. The molecular formula is C6H8N2O2. The van der Waals surface area contributed by atoms with Gasteiger partial charge in [0.25, 0.3) is 0 Å². The first-order chi connectivity index (χ1) is 4.77. The summed E-state index contributed by atoms with van der Waals surface area (Å²) in [5.74, 6) is 1.35. The minimum Gasteiger partial charge on any atom is -0.296 e. The van der Waals surface area contributed by atoms with Crippen molar-refractivity contribution in [1.82, 2.24) is 10.1 Å². The van der Waals surface area contributed by atoms with Gasteiger partial charge in [-0.05, 0) is 12.3 Å². The van der Waals surface area contributed by atoms with E-state index in [1.165, 1.54) is 0 Å². The molecule has 2 atom stereocenters. The quantitative estimate of drug-likeness (QED) is 0.617. The van der Waals surface area contributed by atoms with Gasteiger partial charge >= 0.3 is 5.76 Å². The molecule has 1 aromatic heterocycles. The first-order valence-corrected chi connectivity index (χ1v) is 3.33. The molecule has 0 aliphatic heterocycles. The third kappa shape index (κ3) is 0.761. The van der Waals surface area contributed by atoms with Gasteiger partial charge in [0.15, 0.2) is 5.82 Å². The normalized spacial score (nSPS) is 30.5. The Balaban J connectivity index is 2.27. The van der Waals surface area contributed by atoms with Crippen molar-refractivity contribution in [3.05, 3.63) is 16.4 Å². The molecule has 2 rings (SSSR count). The van der Waals surface area contributed by atoms with Crippen LogP contribution in [0.5, 0.6) is 0 Å². The van der Waals surface area contributed by atoms with Crippen molar-refractivity contribution in [3.63, 3.8) is 0 Å². The second-order valence-corrected chi connectivity index (χ2v) is 2.80. The van der Waals surface area contributed by atoms with E-state index in [0.717, 1.165) is 6.42 Å². The maximum atomic E-state index is 10.4. The molecule has 4 heteroatoms. The van der Waals surface area contributed by atoms with Gasteiger partial charge in [-0.3, -0.25) is 9.51 Å². The van der Waals surface area contributed by atoms with Gasteiger partial charge in [-0.15, -0.1) is 0 Å². The van der Waals surface area contributed by atoms with Crippen molar-refractivity contribution in [3.8, 4) is 0 Å². The summed E-state index contributed by atoms with van der Waals surface area (Å²) in [4.78, 5) is 13.0. The molecule has 0 aromatic carbocycles. The highest BCUT2D eigenvalue weighted by atomic mass is 16.5. The summed E-state index contributed by atoms with van der Waals surface area (Å²) in [5, 5.41) is 3.59. The van der Waals surface area contributed by atoms with Crippen LogP contribution in [-0.4, -0.2) is 10.1 Å². The first-order valence-electron chi connectivity index (χ1n) is 3.33. The molecule has 0 amide bonds. The zero-order valence-corrected chi connectivity index (χ0v) is 5.63. The fraction of sp³-hybridized carbons (Fsp3) is 0.667. The largest absolute Gasteiger partial charge is 0.438 e. The summed E-state index contributed by atoms with van der Waals surface area (Å²) in [6.07, 6.45) is 1.11. The van der Waals surface area contributed by atoms with Crippen LogP contribution < -0.4 is 5.76 Å². The van der Waals surface area contributed by atoms with Crippen molar-refractivity contribution in [1.29, 1.82) is 0 Å². The van der Waals surface area contributed by atoms with Crippen LogP contribution in [0.15, 0.2) is 9.32 Å². The average molecular weight is 140 g/mol. The second-order valence-electron chi connectivity index (χ2n) is 2.80. The van der Waals surface area contributed by atoms with E-state index in [1.54, 1.807) is 0 Å². The summed E-state index contributed by atoms with van der Waals surface area (Å²) >= 11 is 0. The Hall–Kier alpha value is -1.06. The number of H-pyrrole nitrogens is 1. The molecule has 1 saturated carbocycles. The minimum atomic E-state index is -0.450. The Morgan fingerprint density at radius 2 is 2.50 bits per heavy atom. The molecule has 1 aliphatic carbocycles. The van der Waals surface area contributed by atoms with E-state index in [0.29, 0.717) is 17.7 Å². The number of aromatic amines is 1. The van der Waals surface area contributed by atoms with Crippen molar-refractivity contribution in [2.75, 3.05) is 0 Å². The Morgan fingerprint density at radius 1 is 1.80 bits per heavy atom. The third-order valence-corrected chi connectivity index (χ3v) is 1.92. The van der Waals surface area contributed by atoms with Gasteiger partial charge in [-0.25, -0.2) is 4.79 Å². The van der Waals surface area contributed by atoms with E-state index in [2.05, 4.69) is 21.6 Å². The Morgan fingerprint density at radius 3 is 2.90 bits per heavy atom. The van der Waals surface area contributed by atoms with Crippen LogP contribution in [0, 0.1) is 5.92 Å². The Bertz CT molecular complexity index is 288. The van der Waals surface area contributed by atoms with Gasteiger partial charge < -0.3 is 0 Å². The zero-order valence-electron chi connectivity index (χ0n) is 5.63. The predicted molar refractivity (Wildman–Crippen MR) is 33.6 cm³/mol. The zero-order chi connectivity index (χ0) is 7.14. The van der Waals surface area contributed by atoms with Crippen molar-refractivity contribution >= 4 is 0 Å². The van der Waals surface area contributed by atoms with E-state index in [-0.39, 0.29) is 0 Å². The van der Waals surface area contributed by atoms with Crippen molar-refractivity contribution < 1.29 is 4.52 Å². The SMILES string of the molecule is C[C@@H]1C[C@@H]1c1noc(=O)[nH]1. The second kappa shape index (κ2) is 1.71. The van der Waals surface area contributed by atoms with E-state index < -0.39 is 5.76 Å². The molecule has 1 aliphatic rings. The van der Waals surface area contributed by atoms with Crippen LogP contribution in [0.25, 0.3) is 0 Å². The maximum Gasteiger partial charge on any atom is 0.438 e.